The summed E-state index contributed by atoms with van der Waals surface area (Å²) >= 11 is 0. The van der Waals surface area contributed by atoms with Gasteiger partial charge >= 0.3 is 0 Å². The Balaban J connectivity index is 0.00000208. The van der Waals surface area contributed by atoms with Crippen molar-refractivity contribution in [3.8, 4) is 0 Å². The van der Waals surface area contributed by atoms with Crippen LogP contribution in [0, 0.1) is 11.7 Å². The van der Waals surface area contributed by atoms with Crippen LogP contribution in [0.5, 0.6) is 0 Å². The predicted octanol–water partition coefficient (Wildman–Crippen LogP) is 2.40. The SMILES string of the molecule is Cl.O=C(c1cccc(F)c1)N1CCCN(CC2CCNCC2)CC1. The van der Waals surface area contributed by atoms with Crippen molar-refractivity contribution in [3.05, 3.63) is 35.6 Å². The van der Waals surface area contributed by atoms with Crippen LogP contribution in [-0.2, 0) is 0 Å². The zero-order valence-electron chi connectivity index (χ0n) is 14.0. The molecule has 1 N–H and O–H groups in total. The average Bonchev–Trinajstić information content (AvgIpc) is 2.81. The molecule has 1 amide bonds. The number of nitrogens with one attached hydrogen (secondary N) is 1. The van der Waals surface area contributed by atoms with Gasteiger partial charge in [-0.15, -0.1) is 12.4 Å². The van der Waals surface area contributed by atoms with Gasteiger partial charge in [-0.05, 0) is 63.0 Å². The third kappa shape index (κ3) is 5.16. The third-order valence-corrected chi connectivity index (χ3v) is 4.92. The van der Waals surface area contributed by atoms with E-state index in [1.54, 1.807) is 12.1 Å². The van der Waals surface area contributed by atoms with E-state index in [2.05, 4.69) is 10.2 Å². The lowest BCUT2D eigenvalue weighted by Crippen LogP contribution is -2.39. The van der Waals surface area contributed by atoms with E-state index in [1.807, 2.05) is 4.90 Å². The highest BCUT2D eigenvalue weighted by molar-refractivity contribution is 5.94. The van der Waals surface area contributed by atoms with Crippen molar-refractivity contribution in [2.24, 2.45) is 5.92 Å². The monoisotopic (exact) mass is 355 g/mol. The number of hydrogen-bond acceptors (Lipinski definition) is 3. The van der Waals surface area contributed by atoms with E-state index in [9.17, 15) is 9.18 Å². The van der Waals surface area contributed by atoms with Gasteiger partial charge in [0, 0.05) is 31.7 Å². The van der Waals surface area contributed by atoms with Crippen molar-refractivity contribution in [2.45, 2.75) is 19.3 Å². The number of benzene rings is 1. The second-order valence-electron chi connectivity index (χ2n) is 6.65. The molecule has 0 aliphatic carbocycles. The first kappa shape index (κ1) is 19.2. The van der Waals surface area contributed by atoms with Gasteiger partial charge < -0.3 is 15.1 Å². The Labute approximate surface area is 149 Å². The molecule has 0 spiro atoms. The molecule has 1 aromatic carbocycles. The van der Waals surface area contributed by atoms with Crippen LogP contribution in [0.15, 0.2) is 24.3 Å². The summed E-state index contributed by atoms with van der Waals surface area (Å²) in [5, 5.41) is 3.41. The summed E-state index contributed by atoms with van der Waals surface area (Å²) in [6, 6.07) is 6.01. The third-order valence-electron chi connectivity index (χ3n) is 4.92. The minimum absolute atomic E-state index is 0. The fraction of sp³-hybridized carbons (Fsp3) is 0.611. The van der Waals surface area contributed by atoms with Gasteiger partial charge in [0.2, 0.25) is 0 Å². The zero-order chi connectivity index (χ0) is 16.1. The van der Waals surface area contributed by atoms with Gasteiger partial charge in [0.15, 0.2) is 0 Å². The maximum atomic E-state index is 13.3. The first-order chi connectivity index (χ1) is 11.2. The molecule has 4 nitrogen and oxygen atoms in total. The zero-order valence-corrected chi connectivity index (χ0v) is 14.9. The molecule has 2 aliphatic heterocycles. The molecule has 2 fully saturated rings. The summed E-state index contributed by atoms with van der Waals surface area (Å²) in [6.45, 7) is 6.87. The lowest BCUT2D eigenvalue weighted by molar-refractivity contribution is 0.0759. The Kier molecular flexibility index (Phi) is 7.46. The number of nitrogens with zero attached hydrogens (tertiary/aromatic N) is 2. The minimum atomic E-state index is -0.349. The molecule has 1 aromatic rings. The Morgan fingerprint density at radius 2 is 1.96 bits per heavy atom. The fourth-order valence-corrected chi connectivity index (χ4v) is 3.59. The first-order valence-electron chi connectivity index (χ1n) is 8.70. The van der Waals surface area contributed by atoms with Crippen molar-refractivity contribution in [1.82, 2.24) is 15.1 Å². The first-order valence-corrected chi connectivity index (χ1v) is 8.70. The summed E-state index contributed by atoms with van der Waals surface area (Å²) < 4.78 is 13.3. The fourth-order valence-electron chi connectivity index (χ4n) is 3.59. The quantitative estimate of drug-likeness (QED) is 0.904. The van der Waals surface area contributed by atoms with Gasteiger partial charge in [-0.2, -0.15) is 0 Å². The molecule has 2 aliphatic rings. The molecule has 0 saturated carbocycles. The van der Waals surface area contributed by atoms with Gasteiger partial charge in [-0.1, -0.05) is 6.07 Å². The second kappa shape index (κ2) is 9.35. The van der Waals surface area contributed by atoms with Crippen LogP contribution in [0.1, 0.15) is 29.6 Å². The summed E-state index contributed by atoms with van der Waals surface area (Å²) in [5.74, 6) is 0.383. The molecule has 0 aromatic heterocycles. The maximum Gasteiger partial charge on any atom is 0.254 e. The molecule has 24 heavy (non-hydrogen) atoms. The van der Waals surface area contributed by atoms with Crippen molar-refractivity contribution in [3.63, 3.8) is 0 Å². The molecular weight excluding hydrogens is 329 g/mol. The Morgan fingerprint density at radius 1 is 1.17 bits per heavy atom. The molecular formula is C18H27ClFN3O. The van der Waals surface area contributed by atoms with Crippen LogP contribution in [0.25, 0.3) is 0 Å². The number of rotatable bonds is 3. The lowest BCUT2D eigenvalue weighted by Gasteiger charge is -2.29. The van der Waals surface area contributed by atoms with E-state index in [0.29, 0.717) is 5.56 Å². The molecule has 0 unspecified atom stereocenters. The van der Waals surface area contributed by atoms with Crippen LogP contribution in [0.3, 0.4) is 0 Å². The van der Waals surface area contributed by atoms with E-state index < -0.39 is 0 Å². The summed E-state index contributed by atoms with van der Waals surface area (Å²) in [7, 11) is 0. The van der Waals surface area contributed by atoms with Gasteiger partial charge in [0.1, 0.15) is 5.82 Å². The smallest absolute Gasteiger partial charge is 0.254 e. The minimum Gasteiger partial charge on any atom is -0.337 e. The topological polar surface area (TPSA) is 35.6 Å². The largest absolute Gasteiger partial charge is 0.337 e. The molecule has 6 heteroatoms. The maximum absolute atomic E-state index is 13.3. The standard InChI is InChI=1S/C18H26FN3O.ClH/c19-17-4-1-3-16(13-17)18(23)22-10-2-9-21(11-12-22)14-15-5-7-20-8-6-15;/h1,3-4,13,15,20H,2,5-12,14H2;1H. The number of carbonyl (C=O) groups excluding carboxylic acids is 1. The number of piperidine rings is 1. The average molecular weight is 356 g/mol. The van der Waals surface area contributed by atoms with Crippen molar-refractivity contribution < 1.29 is 9.18 Å². The molecule has 2 saturated heterocycles. The van der Waals surface area contributed by atoms with Crippen LogP contribution in [0.2, 0.25) is 0 Å². The molecule has 134 valence electrons. The molecule has 0 atom stereocenters. The number of carbonyl (C=O) groups is 1. The molecule has 3 rings (SSSR count). The summed E-state index contributed by atoms with van der Waals surface area (Å²) in [4.78, 5) is 16.9. The van der Waals surface area contributed by atoms with E-state index >= 15 is 0 Å². The predicted molar refractivity (Wildman–Crippen MR) is 96.2 cm³/mol. The normalized spacial score (nSPS) is 20.3. The highest BCUT2D eigenvalue weighted by Gasteiger charge is 2.23. The number of hydrogen-bond donors (Lipinski definition) is 1. The van der Waals surface area contributed by atoms with Gasteiger partial charge in [0.25, 0.3) is 5.91 Å². The van der Waals surface area contributed by atoms with E-state index in [-0.39, 0.29) is 24.1 Å². The van der Waals surface area contributed by atoms with Crippen LogP contribution < -0.4 is 5.32 Å². The van der Waals surface area contributed by atoms with Crippen LogP contribution in [-0.4, -0.2) is 61.5 Å². The molecule has 0 bridgehead atoms. The van der Waals surface area contributed by atoms with Crippen molar-refractivity contribution in [2.75, 3.05) is 45.8 Å². The van der Waals surface area contributed by atoms with Gasteiger partial charge in [-0.25, -0.2) is 4.39 Å². The number of halogens is 2. The Morgan fingerprint density at radius 3 is 2.71 bits per heavy atom. The Hall–Kier alpha value is -1.17. The van der Waals surface area contributed by atoms with Gasteiger partial charge in [-0.3, -0.25) is 4.79 Å². The van der Waals surface area contributed by atoms with E-state index in [1.165, 1.54) is 25.0 Å². The second-order valence-corrected chi connectivity index (χ2v) is 6.65. The van der Waals surface area contributed by atoms with Crippen molar-refractivity contribution >= 4 is 18.3 Å². The van der Waals surface area contributed by atoms with E-state index in [4.69, 9.17) is 0 Å². The lowest BCUT2D eigenvalue weighted by atomic mass is 9.97. The molecule has 2 heterocycles. The van der Waals surface area contributed by atoms with Crippen LogP contribution in [0.4, 0.5) is 4.39 Å². The van der Waals surface area contributed by atoms with Gasteiger partial charge in [0.05, 0.1) is 0 Å². The highest BCUT2D eigenvalue weighted by Crippen LogP contribution is 2.16. The highest BCUT2D eigenvalue weighted by atomic mass is 35.5. The van der Waals surface area contributed by atoms with Crippen LogP contribution >= 0.6 is 12.4 Å². The molecule has 0 radical (unpaired) electrons. The summed E-state index contributed by atoms with van der Waals surface area (Å²) in [5.41, 5.74) is 0.455. The summed E-state index contributed by atoms with van der Waals surface area (Å²) in [6.07, 6.45) is 3.50. The number of amides is 1. The van der Waals surface area contributed by atoms with Crippen molar-refractivity contribution in [1.29, 1.82) is 0 Å². The Bertz CT molecular complexity index is 537. The van der Waals surface area contributed by atoms with E-state index in [0.717, 1.165) is 58.2 Å².